The average Bonchev–Trinajstić information content (AvgIpc) is 2.99. The van der Waals surface area contributed by atoms with Gasteiger partial charge in [-0.1, -0.05) is 31.2 Å². The van der Waals surface area contributed by atoms with E-state index in [4.69, 9.17) is 9.47 Å². The highest BCUT2D eigenvalue weighted by atomic mass is 16.6. The van der Waals surface area contributed by atoms with Crippen LogP contribution in [0.15, 0.2) is 24.3 Å². The molecule has 0 radical (unpaired) electrons. The summed E-state index contributed by atoms with van der Waals surface area (Å²) in [5.74, 6) is -3.11. The van der Waals surface area contributed by atoms with Crippen LogP contribution in [0.25, 0.3) is 0 Å². The molecule has 1 aromatic rings. The third kappa shape index (κ3) is 1.88. The van der Waals surface area contributed by atoms with Crippen molar-refractivity contribution in [2.24, 2.45) is 11.8 Å². The summed E-state index contributed by atoms with van der Waals surface area (Å²) in [7, 11) is 0. The lowest BCUT2D eigenvalue weighted by Crippen LogP contribution is -2.43. The van der Waals surface area contributed by atoms with E-state index < -0.39 is 47.4 Å². The van der Waals surface area contributed by atoms with Crippen LogP contribution in [0.5, 0.6) is 0 Å². The van der Waals surface area contributed by atoms with Crippen LogP contribution in [0.1, 0.15) is 36.8 Å². The first-order chi connectivity index (χ1) is 10.9. The van der Waals surface area contributed by atoms with E-state index in [1.165, 1.54) is 0 Å². The highest BCUT2D eigenvalue weighted by molar-refractivity contribution is 5.96. The van der Waals surface area contributed by atoms with E-state index in [2.05, 4.69) is 0 Å². The second-order valence-electron chi connectivity index (χ2n) is 6.72. The maximum atomic E-state index is 12.1. The van der Waals surface area contributed by atoms with Crippen molar-refractivity contribution in [1.82, 2.24) is 0 Å². The summed E-state index contributed by atoms with van der Waals surface area (Å²) in [6, 6.07) is 7.41. The lowest BCUT2D eigenvalue weighted by atomic mass is 9.58. The average molecular weight is 316 g/mol. The monoisotopic (exact) mass is 316 g/mol. The van der Waals surface area contributed by atoms with Crippen molar-refractivity contribution in [2.45, 2.75) is 37.4 Å². The summed E-state index contributed by atoms with van der Waals surface area (Å²) < 4.78 is 9.73. The number of fused-ring (bicyclic) bond motifs is 3. The van der Waals surface area contributed by atoms with Crippen LogP contribution in [-0.2, 0) is 29.3 Å². The molecule has 2 saturated heterocycles. The number of hydrogen-bond acceptors (Lipinski definition) is 6. The van der Waals surface area contributed by atoms with E-state index in [-0.39, 0.29) is 6.42 Å². The Kier molecular flexibility index (Phi) is 2.90. The molecule has 0 aromatic heterocycles. The molecule has 0 bridgehead atoms. The molecule has 23 heavy (non-hydrogen) atoms. The summed E-state index contributed by atoms with van der Waals surface area (Å²) in [5, 5.41) is 10.1. The van der Waals surface area contributed by atoms with Crippen molar-refractivity contribution in [3.05, 3.63) is 35.4 Å². The molecule has 0 amide bonds. The van der Waals surface area contributed by atoms with Crippen LogP contribution in [0.2, 0.25) is 0 Å². The fourth-order valence-electron chi connectivity index (χ4n) is 4.37. The molecule has 6 nitrogen and oxygen atoms in total. The molecule has 5 atom stereocenters. The van der Waals surface area contributed by atoms with Gasteiger partial charge in [-0.2, -0.15) is 0 Å². The van der Waals surface area contributed by atoms with E-state index in [0.717, 1.165) is 11.1 Å². The van der Waals surface area contributed by atoms with Gasteiger partial charge in [-0.15, -0.1) is 0 Å². The second kappa shape index (κ2) is 4.64. The molecule has 1 aliphatic carbocycles. The third-order valence-corrected chi connectivity index (χ3v) is 5.50. The van der Waals surface area contributed by atoms with Gasteiger partial charge in [0.05, 0.1) is 24.2 Å². The zero-order valence-corrected chi connectivity index (χ0v) is 12.5. The minimum atomic E-state index is -1.17. The van der Waals surface area contributed by atoms with Gasteiger partial charge in [-0.05, 0) is 17.5 Å². The first-order valence-corrected chi connectivity index (χ1v) is 7.64. The van der Waals surface area contributed by atoms with E-state index in [0.29, 0.717) is 6.42 Å². The van der Waals surface area contributed by atoms with Crippen molar-refractivity contribution in [3.8, 4) is 0 Å². The van der Waals surface area contributed by atoms with Gasteiger partial charge < -0.3 is 14.6 Å². The Morgan fingerprint density at radius 3 is 2.61 bits per heavy atom. The Bertz CT molecular complexity index is 726. The van der Waals surface area contributed by atoms with Crippen molar-refractivity contribution in [1.29, 1.82) is 0 Å². The summed E-state index contributed by atoms with van der Waals surface area (Å²) in [6.07, 6.45) is -0.814. The van der Waals surface area contributed by atoms with Crippen molar-refractivity contribution in [2.75, 3.05) is 0 Å². The third-order valence-electron chi connectivity index (χ3n) is 5.50. The summed E-state index contributed by atoms with van der Waals surface area (Å²) in [6.45, 7) is 1.88. The standard InChI is InChI=1S/C17H16O6/c1-17(11-6-12(18)22-15(11)20)7-9-13(16(21)23-14(9)19)8-4-2-3-5-10(8)17/h2-5,9,11,13,16,21H,6-7H2,1H3. The topological polar surface area (TPSA) is 89.9 Å². The minimum absolute atomic E-state index is 0.0126. The minimum Gasteiger partial charge on any atom is -0.435 e. The molecule has 6 heteroatoms. The Morgan fingerprint density at radius 2 is 1.91 bits per heavy atom. The first kappa shape index (κ1) is 14.4. The highest BCUT2D eigenvalue weighted by Crippen LogP contribution is 2.55. The number of rotatable bonds is 1. The van der Waals surface area contributed by atoms with Gasteiger partial charge in [0.1, 0.15) is 0 Å². The van der Waals surface area contributed by atoms with E-state index in [1.54, 1.807) is 0 Å². The molecular formula is C17H16O6. The molecule has 2 heterocycles. The number of cyclic esters (lactones) is 3. The Hall–Kier alpha value is -2.21. The first-order valence-electron chi connectivity index (χ1n) is 7.64. The molecule has 5 unspecified atom stereocenters. The van der Waals surface area contributed by atoms with Gasteiger partial charge >= 0.3 is 17.9 Å². The number of carbonyl (C=O) groups is 3. The maximum absolute atomic E-state index is 12.1. The van der Waals surface area contributed by atoms with E-state index in [9.17, 15) is 19.5 Å². The number of aliphatic hydroxyl groups is 1. The fourth-order valence-corrected chi connectivity index (χ4v) is 4.37. The second-order valence-corrected chi connectivity index (χ2v) is 6.72. The van der Waals surface area contributed by atoms with Crippen molar-refractivity contribution < 1.29 is 29.0 Å². The summed E-state index contributed by atoms with van der Waals surface area (Å²) in [4.78, 5) is 35.8. The molecule has 4 rings (SSSR count). The fraction of sp³-hybridized carbons (Fsp3) is 0.471. The summed E-state index contributed by atoms with van der Waals surface area (Å²) in [5.41, 5.74) is 0.969. The van der Waals surface area contributed by atoms with E-state index in [1.807, 2.05) is 31.2 Å². The Labute approximate surface area is 132 Å². The Balaban J connectivity index is 1.87. The molecule has 0 spiro atoms. The van der Waals surface area contributed by atoms with Crippen LogP contribution in [-0.4, -0.2) is 29.3 Å². The van der Waals surface area contributed by atoms with Crippen LogP contribution in [0.4, 0.5) is 0 Å². The molecule has 3 aliphatic rings. The van der Waals surface area contributed by atoms with Crippen molar-refractivity contribution in [3.63, 3.8) is 0 Å². The van der Waals surface area contributed by atoms with Crippen LogP contribution in [0, 0.1) is 11.8 Å². The molecular weight excluding hydrogens is 300 g/mol. The maximum Gasteiger partial charge on any atom is 0.318 e. The highest BCUT2D eigenvalue weighted by Gasteiger charge is 2.58. The molecule has 2 aliphatic heterocycles. The van der Waals surface area contributed by atoms with E-state index >= 15 is 0 Å². The summed E-state index contributed by atoms with van der Waals surface area (Å²) >= 11 is 0. The van der Waals surface area contributed by atoms with Crippen LogP contribution >= 0.6 is 0 Å². The quantitative estimate of drug-likeness (QED) is 0.614. The smallest absolute Gasteiger partial charge is 0.318 e. The predicted octanol–water partition coefficient (Wildman–Crippen LogP) is 1.01. The Morgan fingerprint density at radius 1 is 1.17 bits per heavy atom. The number of hydrogen-bond donors (Lipinski definition) is 1. The number of ether oxygens (including phenoxy) is 2. The zero-order chi connectivity index (χ0) is 16.4. The molecule has 120 valence electrons. The van der Waals surface area contributed by atoms with Gasteiger partial charge in [-0.25, -0.2) is 0 Å². The largest absolute Gasteiger partial charge is 0.435 e. The number of aliphatic hydroxyl groups excluding tert-OH is 1. The number of benzene rings is 1. The van der Waals surface area contributed by atoms with Gasteiger partial charge in [0.15, 0.2) is 0 Å². The van der Waals surface area contributed by atoms with Gasteiger partial charge in [0.25, 0.3) is 0 Å². The normalized spacial score (nSPS) is 38.8. The lowest BCUT2D eigenvalue weighted by Gasteiger charge is -2.42. The molecule has 1 aromatic carbocycles. The number of carbonyl (C=O) groups excluding carboxylic acids is 3. The predicted molar refractivity (Wildman–Crippen MR) is 75.9 cm³/mol. The SMILES string of the molecule is CC1(C2CC(=O)OC2=O)CC2C(=O)OC(O)C2c2ccccc21. The molecule has 0 saturated carbocycles. The lowest BCUT2D eigenvalue weighted by molar-refractivity contribution is -0.157. The number of esters is 3. The van der Waals surface area contributed by atoms with Crippen molar-refractivity contribution >= 4 is 17.9 Å². The molecule has 2 fully saturated rings. The van der Waals surface area contributed by atoms with Gasteiger partial charge in [0, 0.05) is 5.41 Å². The van der Waals surface area contributed by atoms with Gasteiger partial charge in [-0.3, -0.25) is 14.4 Å². The van der Waals surface area contributed by atoms with Crippen LogP contribution in [0.3, 0.4) is 0 Å². The van der Waals surface area contributed by atoms with Gasteiger partial charge in [0.2, 0.25) is 6.29 Å². The van der Waals surface area contributed by atoms with Crippen LogP contribution < -0.4 is 0 Å². The molecule has 1 N–H and O–H groups in total. The zero-order valence-electron chi connectivity index (χ0n) is 12.5.